The second kappa shape index (κ2) is 4.47. The van der Waals surface area contributed by atoms with Gasteiger partial charge in [0.05, 0.1) is 6.42 Å². The summed E-state index contributed by atoms with van der Waals surface area (Å²) in [4.78, 5) is 22.0. The molecular formula is C11H17N3O2. The van der Waals surface area contributed by atoms with E-state index in [1.54, 1.807) is 6.07 Å². The van der Waals surface area contributed by atoms with E-state index >= 15 is 0 Å². The average molecular weight is 223 g/mol. The molecule has 0 unspecified atom stereocenters. The normalized spacial score (nSPS) is 11.2. The molecule has 5 heteroatoms. The second-order valence-corrected chi connectivity index (χ2v) is 4.84. The summed E-state index contributed by atoms with van der Waals surface area (Å²) in [5.41, 5.74) is 0.891. The molecule has 0 atom stereocenters. The van der Waals surface area contributed by atoms with Gasteiger partial charge in [0.15, 0.2) is 5.82 Å². The Kier molecular flexibility index (Phi) is 3.47. The second-order valence-electron chi connectivity index (χ2n) is 4.84. The zero-order valence-corrected chi connectivity index (χ0v) is 10.0. The number of aromatic nitrogens is 2. The van der Waals surface area contributed by atoms with E-state index in [9.17, 15) is 9.59 Å². The van der Waals surface area contributed by atoms with Crippen molar-refractivity contribution in [1.82, 2.24) is 10.2 Å². The summed E-state index contributed by atoms with van der Waals surface area (Å²) in [6.45, 7) is 7.51. The van der Waals surface area contributed by atoms with Gasteiger partial charge in [-0.3, -0.25) is 14.7 Å². The summed E-state index contributed by atoms with van der Waals surface area (Å²) < 4.78 is 0. The standard InChI is InChI=1S/C11H17N3O2/c1-7(15)5-10(16)12-9-6-8(13-14-9)11(2,3)4/h6H,5H2,1-4H3,(H2,12,13,14,16). The summed E-state index contributed by atoms with van der Waals surface area (Å²) in [6, 6.07) is 1.78. The van der Waals surface area contributed by atoms with Crippen LogP contribution in [0.15, 0.2) is 6.07 Å². The van der Waals surface area contributed by atoms with E-state index in [1.165, 1.54) is 6.92 Å². The lowest BCUT2D eigenvalue weighted by atomic mass is 9.92. The van der Waals surface area contributed by atoms with Gasteiger partial charge in [-0.25, -0.2) is 0 Å². The highest BCUT2D eigenvalue weighted by Gasteiger charge is 2.17. The zero-order chi connectivity index (χ0) is 12.3. The number of hydrogen-bond donors (Lipinski definition) is 2. The van der Waals surface area contributed by atoms with Crippen molar-refractivity contribution in [3.05, 3.63) is 11.8 Å². The van der Waals surface area contributed by atoms with E-state index in [1.807, 2.05) is 20.8 Å². The third-order valence-corrected chi connectivity index (χ3v) is 2.06. The molecule has 1 heterocycles. The lowest BCUT2D eigenvalue weighted by molar-refractivity contribution is -0.124. The molecule has 0 bridgehead atoms. The molecule has 88 valence electrons. The predicted octanol–water partition coefficient (Wildman–Crippen LogP) is 1.62. The van der Waals surface area contributed by atoms with Crippen LogP contribution in [0.2, 0.25) is 0 Å². The zero-order valence-electron chi connectivity index (χ0n) is 10.0. The first-order valence-corrected chi connectivity index (χ1v) is 5.14. The Morgan fingerprint density at radius 3 is 2.50 bits per heavy atom. The highest BCUT2D eigenvalue weighted by atomic mass is 16.2. The minimum absolute atomic E-state index is 0.0451. The fourth-order valence-electron chi connectivity index (χ4n) is 1.18. The number of carbonyl (C=O) groups excluding carboxylic acids is 2. The Bertz CT molecular complexity index is 402. The fourth-order valence-corrected chi connectivity index (χ4v) is 1.18. The van der Waals surface area contributed by atoms with Gasteiger partial charge >= 0.3 is 0 Å². The number of rotatable bonds is 3. The fraction of sp³-hybridized carbons (Fsp3) is 0.545. The molecule has 1 amide bonds. The molecular weight excluding hydrogens is 206 g/mol. The summed E-state index contributed by atoms with van der Waals surface area (Å²) in [5.74, 6) is -0.0419. The molecule has 1 rings (SSSR count). The minimum Gasteiger partial charge on any atom is -0.309 e. The number of amides is 1. The van der Waals surface area contributed by atoms with Crippen LogP contribution in [0.5, 0.6) is 0 Å². The summed E-state index contributed by atoms with van der Waals surface area (Å²) >= 11 is 0. The van der Waals surface area contributed by atoms with Crippen LogP contribution in [0.4, 0.5) is 5.82 Å². The SMILES string of the molecule is CC(=O)CC(=O)Nc1cc(C(C)(C)C)[nH]n1. The molecule has 0 saturated heterocycles. The molecule has 16 heavy (non-hydrogen) atoms. The Morgan fingerprint density at radius 2 is 2.06 bits per heavy atom. The predicted molar refractivity (Wildman–Crippen MR) is 61.2 cm³/mol. The Balaban J connectivity index is 2.66. The maximum atomic E-state index is 11.3. The highest BCUT2D eigenvalue weighted by molar-refractivity contribution is 6.03. The van der Waals surface area contributed by atoms with Crippen molar-refractivity contribution < 1.29 is 9.59 Å². The van der Waals surface area contributed by atoms with Crippen LogP contribution in [0.1, 0.15) is 39.8 Å². The summed E-state index contributed by atoms with van der Waals surface area (Å²) in [6.07, 6.45) is -0.113. The summed E-state index contributed by atoms with van der Waals surface area (Å²) in [5, 5.41) is 9.38. The number of hydrogen-bond acceptors (Lipinski definition) is 3. The highest BCUT2D eigenvalue weighted by Crippen LogP contribution is 2.21. The van der Waals surface area contributed by atoms with E-state index < -0.39 is 0 Å². The first-order chi connectivity index (χ1) is 7.29. The van der Waals surface area contributed by atoms with Crippen molar-refractivity contribution in [2.45, 2.75) is 39.5 Å². The van der Waals surface area contributed by atoms with Crippen molar-refractivity contribution in [3.8, 4) is 0 Å². The van der Waals surface area contributed by atoms with E-state index in [-0.39, 0.29) is 23.5 Å². The van der Waals surface area contributed by atoms with Gasteiger partial charge in [-0.15, -0.1) is 0 Å². The maximum Gasteiger partial charge on any atom is 0.233 e. The van der Waals surface area contributed by atoms with Gasteiger partial charge in [0.25, 0.3) is 0 Å². The van der Waals surface area contributed by atoms with Crippen LogP contribution in [0.25, 0.3) is 0 Å². The van der Waals surface area contributed by atoms with Crippen molar-refractivity contribution >= 4 is 17.5 Å². The van der Waals surface area contributed by atoms with E-state index in [4.69, 9.17) is 0 Å². The van der Waals surface area contributed by atoms with Gasteiger partial charge in [-0.2, -0.15) is 5.10 Å². The van der Waals surface area contributed by atoms with Crippen LogP contribution in [-0.2, 0) is 15.0 Å². The quantitative estimate of drug-likeness (QED) is 0.765. The number of carbonyl (C=O) groups is 2. The number of aromatic amines is 1. The lowest BCUT2D eigenvalue weighted by Gasteiger charge is -2.14. The molecule has 2 N–H and O–H groups in total. The third-order valence-electron chi connectivity index (χ3n) is 2.06. The van der Waals surface area contributed by atoms with Gasteiger partial charge < -0.3 is 5.32 Å². The molecule has 1 aromatic rings. The van der Waals surface area contributed by atoms with Crippen molar-refractivity contribution in [3.63, 3.8) is 0 Å². The number of anilines is 1. The monoisotopic (exact) mass is 223 g/mol. The van der Waals surface area contributed by atoms with Crippen molar-refractivity contribution in [1.29, 1.82) is 0 Å². The van der Waals surface area contributed by atoms with Gasteiger partial charge in [0.2, 0.25) is 5.91 Å². The molecule has 0 aliphatic heterocycles. The number of H-pyrrole nitrogens is 1. The molecule has 0 aromatic carbocycles. The van der Waals surface area contributed by atoms with E-state index in [0.717, 1.165) is 5.69 Å². The third kappa shape index (κ3) is 3.49. The van der Waals surface area contributed by atoms with Crippen LogP contribution in [-0.4, -0.2) is 21.9 Å². The van der Waals surface area contributed by atoms with Crippen molar-refractivity contribution in [2.24, 2.45) is 0 Å². The Morgan fingerprint density at radius 1 is 1.44 bits per heavy atom. The van der Waals surface area contributed by atoms with Gasteiger partial charge in [-0.1, -0.05) is 20.8 Å². The number of Topliss-reactive ketones (excluding diaryl/α,β-unsaturated/α-hetero) is 1. The molecule has 0 fully saturated rings. The largest absolute Gasteiger partial charge is 0.309 e. The van der Waals surface area contributed by atoms with Gasteiger partial charge in [0.1, 0.15) is 5.78 Å². The minimum atomic E-state index is -0.334. The van der Waals surface area contributed by atoms with Crippen molar-refractivity contribution in [2.75, 3.05) is 5.32 Å². The number of nitrogens with one attached hydrogen (secondary N) is 2. The maximum absolute atomic E-state index is 11.3. The van der Waals surface area contributed by atoms with E-state index in [0.29, 0.717) is 5.82 Å². The molecule has 0 aliphatic rings. The smallest absolute Gasteiger partial charge is 0.233 e. The van der Waals surface area contributed by atoms with Gasteiger partial charge in [0, 0.05) is 17.2 Å². The molecule has 0 aliphatic carbocycles. The Labute approximate surface area is 94.6 Å². The van der Waals surface area contributed by atoms with E-state index in [2.05, 4.69) is 15.5 Å². The number of nitrogens with zero attached hydrogens (tertiary/aromatic N) is 1. The molecule has 1 aromatic heterocycles. The average Bonchev–Trinajstić information content (AvgIpc) is 2.49. The van der Waals surface area contributed by atoms with Gasteiger partial charge in [-0.05, 0) is 6.92 Å². The molecule has 0 saturated carbocycles. The van der Waals surface area contributed by atoms with Crippen LogP contribution in [0.3, 0.4) is 0 Å². The molecule has 0 spiro atoms. The van der Waals surface area contributed by atoms with Crippen LogP contribution in [0, 0.1) is 0 Å². The summed E-state index contributed by atoms with van der Waals surface area (Å²) in [7, 11) is 0. The lowest BCUT2D eigenvalue weighted by Crippen LogP contribution is -2.15. The Hall–Kier alpha value is -1.65. The topological polar surface area (TPSA) is 74.8 Å². The molecule has 0 radical (unpaired) electrons. The number of ketones is 1. The molecule has 5 nitrogen and oxygen atoms in total. The first kappa shape index (κ1) is 12.4. The van der Waals surface area contributed by atoms with Crippen LogP contribution >= 0.6 is 0 Å². The first-order valence-electron chi connectivity index (χ1n) is 5.14. The van der Waals surface area contributed by atoms with Crippen LogP contribution < -0.4 is 5.32 Å².